The molecule has 1 aromatic heterocycles. The molecule has 4 heteroatoms. The van der Waals surface area contributed by atoms with Gasteiger partial charge in [-0.1, -0.05) is 12.1 Å². The predicted molar refractivity (Wildman–Crippen MR) is 78.6 cm³/mol. The number of rotatable bonds is 4. The summed E-state index contributed by atoms with van der Waals surface area (Å²) < 4.78 is 5.75. The standard InChI is InChI=1S/C17H25N3O/c1-16-5-11-4-12(6-16)8-17(7-11,10-16)15-19-14(20-21-15)9-18-13-2-3-13/h11-13,18H,2-10H2,1H3. The lowest BCUT2D eigenvalue weighted by Gasteiger charge is -2.59. The van der Waals surface area contributed by atoms with Gasteiger partial charge in [0, 0.05) is 6.04 Å². The molecule has 0 saturated heterocycles. The highest BCUT2D eigenvalue weighted by molar-refractivity contribution is 5.18. The van der Waals surface area contributed by atoms with E-state index in [2.05, 4.69) is 17.4 Å². The van der Waals surface area contributed by atoms with Crippen LogP contribution in [0, 0.1) is 17.3 Å². The average molecular weight is 287 g/mol. The molecule has 2 atom stereocenters. The van der Waals surface area contributed by atoms with Gasteiger partial charge >= 0.3 is 0 Å². The SMILES string of the molecule is CC12CC3CC(C1)CC(c1nc(CNC4CC4)no1)(C3)C2. The summed E-state index contributed by atoms with van der Waals surface area (Å²) in [6.45, 7) is 3.26. The highest BCUT2D eigenvalue weighted by atomic mass is 16.5. The second-order valence-corrected chi connectivity index (χ2v) is 8.72. The Hall–Kier alpha value is -0.900. The van der Waals surface area contributed by atoms with Crippen molar-refractivity contribution >= 4 is 0 Å². The summed E-state index contributed by atoms with van der Waals surface area (Å²) in [6, 6.07) is 0.699. The van der Waals surface area contributed by atoms with Crippen LogP contribution in [-0.2, 0) is 12.0 Å². The quantitative estimate of drug-likeness (QED) is 0.924. The van der Waals surface area contributed by atoms with Crippen molar-refractivity contribution in [3.8, 4) is 0 Å². The minimum atomic E-state index is 0.212. The van der Waals surface area contributed by atoms with Gasteiger partial charge < -0.3 is 9.84 Å². The average Bonchev–Trinajstić information content (AvgIpc) is 3.09. The summed E-state index contributed by atoms with van der Waals surface area (Å²) in [4.78, 5) is 4.79. The van der Waals surface area contributed by atoms with Crippen molar-refractivity contribution in [2.45, 2.75) is 76.3 Å². The van der Waals surface area contributed by atoms with Crippen LogP contribution in [0.2, 0.25) is 0 Å². The Morgan fingerprint density at radius 3 is 2.62 bits per heavy atom. The number of hydrogen-bond acceptors (Lipinski definition) is 4. The van der Waals surface area contributed by atoms with Crippen LogP contribution in [-0.4, -0.2) is 16.2 Å². The van der Waals surface area contributed by atoms with Crippen molar-refractivity contribution in [1.29, 1.82) is 0 Å². The number of nitrogens with zero attached hydrogens (tertiary/aromatic N) is 2. The van der Waals surface area contributed by atoms with E-state index in [9.17, 15) is 0 Å². The third-order valence-electron chi connectivity index (χ3n) is 6.40. The number of nitrogens with one attached hydrogen (secondary N) is 1. The van der Waals surface area contributed by atoms with E-state index in [1.54, 1.807) is 0 Å². The van der Waals surface area contributed by atoms with Gasteiger partial charge in [-0.05, 0) is 68.6 Å². The van der Waals surface area contributed by atoms with Crippen LogP contribution < -0.4 is 5.32 Å². The molecule has 0 amide bonds. The predicted octanol–water partition coefficient (Wildman–Crippen LogP) is 3.18. The molecular formula is C17H25N3O. The Bertz CT molecular complexity index is 548. The van der Waals surface area contributed by atoms with Gasteiger partial charge in [-0.25, -0.2) is 0 Å². The van der Waals surface area contributed by atoms with E-state index in [0.29, 0.717) is 11.5 Å². The maximum atomic E-state index is 5.75. The van der Waals surface area contributed by atoms with E-state index >= 15 is 0 Å². The maximum absolute atomic E-state index is 5.75. The van der Waals surface area contributed by atoms with Crippen LogP contribution in [0.4, 0.5) is 0 Å². The van der Waals surface area contributed by atoms with Gasteiger partial charge in [0.25, 0.3) is 0 Å². The molecule has 4 bridgehead atoms. The van der Waals surface area contributed by atoms with Gasteiger partial charge in [0.05, 0.1) is 12.0 Å². The molecule has 0 spiro atoms. The number of hydrogen-bond donors (Lipinski definition) is 1. The van der Waals surface area contributed by atoms with Crippen molar-refractivity contribution in [2.75, 3.05) is 0 Å². The molecule has 0 radical (unpaired) electrons. The Morgan fingerprint density at radius 1 is 1.19 bits per heavy atom. The first-order valence-corrected chi connectivity index (χ1v) is 8.69. The zero-order valence-corrected chi connectivity index (χ0v) is 12.9. The van der Waals surface area contributed by atoms with Crippen LogP contribution in [0.1, 0.15) is 70.0 Å². The molecule has 2 unspecified atom stereocenters. The Labute approximate surface area is 126 Å². The molecule has 6 rings (SSSR count). The molecule has 1 heterocycles. The molecule has 5 aliphatic rings. The first kappa shape index (κ1) is 12.6. The van der Waals surface area contributed by atoms with Gasteiger partial charge in [-0.2, -0.15) is 4.98 Å². The van der Waals surface area contributed by atoms with Crippen molar-refractivity contribution < 1.29 is 4.52 Å². The first-order chi connectivity index (χ1) is 10.1. The molecule has 21 heavy (non-hydrogen) atoms. The lowest BCUT2D eigenvalue weighted by molar-refractivity contribution is -0.0724. The highest BCUT2D eigenvalue weighted by Crippen LogP contribution is 2.65. The van der Waals surface area contributed by atoms with Crippen molar-refractivity contribution in [1.82, 2.24) is 15.5 Å². The van der Waals surface area contributed by atoms with E-state index in [0.717, 1.165) is 30.1 Å². The minimum Gasteiger partial charge on any atom is -0.339 e. The van der Waals surface area contributed by atoms with E-state index in [1.807, 2.05) is 0 Å². The zero-order chi connectivity index (χ0) is 14.1. The molecule has 0 aliphatic heterocycles. The topological polar surface area (TPSA) is 51.0 Å². The second kappa shape index (κ2) is 4.09. The van der Waals surface area contributed by atoms with Crippen molar-refractivity contribution in [3.63, 3.8) is 0 Å². The minimum absolute atomic E-state index is 0.212. The van der Waals surface area contributed by atoms with Gasteiger partial charge in [0.1, 0.15) is 0 Å². The molecule has 1 aromatic rings. The summed E-state index contributed by atoms with van der Waals surface area (Å²) in [5.41, 5.74) is 0.745. The zero-order valence-electron chi connectivity index (χ0n) is 12.9. The summed E-state index contributed by atoms with van der Waals surface area (Å²) in [6.07, 6.45) is 10.7. The summed E-state index contributed by atoms with van der Waals surface area (Å²) in [5.74, 6) is 3.61. The molecule has 0 aromatic carbocycles. The highest BCUT2D eigenvalue weighted by Gasteiger charge is 2.58. The lowest BCUT2D eigenvalue weighted by Crippen LogP contribution is -2.53. The summed E-state index contributed by atoms with van der Waals surface area (Å²) in [7, 11) is 0. The van der Waals surface area contributed by atoms with Gasteiger partial charge in [0.2, 0.25) is 5.89 Å². The van der Waals surface area contributed by atoms with Gasteiger partial charge in [0.15, 0.2) is 5.82 Å². The van der Waals surface area contributed by atoms with Crippen LogP contribution in [0.5, 0.6) is 0 Å². The van der Waals surface area contributed by atoms with E-state index < -0.39 is 0 Å². The smallest absolute Gasteiger partial charge is 0.232 e. The van der Waals surface area contributed by atoms with Crippen LogP contribution in [0.3, 0.4) is 0 Å². The monoisotopic (exact) mass is 287 g/mol. The van der Waals surface area contributed by atoms with E-state index in [1.165, 1.54) is 51.4 Å². The normalized spacial score (nSPS) is 44.4. The van der Waals surface area contributed by atoms with Crippen molar-refractivity contribution in [3.05, 3.63) is 11.7 Å². The number of aromatic nitrogens is 2. The first-order valence-electron chi connectivity index (χ1n) is 8.69. The molecule has 5 aliphatic carbocycles. The van der Waals surface area contributed by atoms with E-state index in [-0.39, 0.29) is 5.41 Å². The van der Waals surface area contributed by atoms with Gasteiger partial charge in [-0.15, -0.1) is 0 Å². The van der Waals surface area contributed by atoms with Crippen LogP contribution in [0.15, 0.2) is 4.52 Å². The third-order valence-corrected chi connectivity index (χ3v) is 6.40. The molecular weight excluding hydrogens is 262 g/mol. The van der Waals surface area contributed by atoms with Crippen molar-refractivity contribution in [2.24, 2.45) is 17.3 Å². The third kappa shape index (κ3) is 2.06. The van der Waals surface area contributed by atoms with Gasteiger partial charge in [-0.3, -0.25) is 0 Å². The molecule has 4 nitrogen and oxygen atoms in total. The molecule has 1 N–H and O–H groups in total. The van der Waals surface area contributed by atoms with Crippen LogP contribution >= 0.6 is 0 Å². The Balaban J connectivity index is 1.41. The fourth-order valence-corrected chi connectivity index (χ4v) is 6.03. The summed E-state index contributed by atoms with van der Waals surface area (Å²) in [5, 5.41) is 7.73. The molecule has 114 valence electrons. The maximum Gasteiger partial charge on any atom is 0.232 e. The Morgan fingerprint density at radius 2 is 1.95 bits per heavy atom. The largest absolute Gasteiger partial charge is 0.339 e. The van der Waals surface area contributed by atoms with E-state index in [4.69, 9.17) is 9.51 Å². The second-order valence-electron chi connectivity index (χ2n) is 8.72. The summed E-state index contributed by atoms with van der Waals surface area (Å²) >= 11 is 0. The van der Waals surface area contributed by atoms with Crippen LogP contribution in [0.25, 0.3) is 0 Å². The fraction of sp³-hybridized carbons (Fsp3) is 0.882. The molecule has 5 saturated carbocycles. The lowest BCUT2D eigenvalue weighted by atomic mass is 9.44. The molecule has 5 fully saturated rings. The fourth-order valence-electron chi connectivity index (χ4n) is 6.03. The Kier molecular flexibility index (Phi) is 2.46.